The summed E-state index contributed by atoms with van der Waals surface area (Å²) in [6.45, 7) is 6.66. The Labute approximate surface area is 225 Å². The predicted molar refractivity (Wildman–Crippen MR) is 141 cm³/mol. The molecular weight excluding hydrogens is 502 g/mol. The summed E-state index contributed by atoms with van der Waals surface area (Å²) in [5, 5.41) is 26.4. The average molecular weight is 530 g/mol. The third-order valence-corrected chi connectivity index (χ3v) is 8.65. The quantitative estimate of drug-likeness (QED) is 0.514. The van der Waals surface area contributed by atoms with Crippen molar-refractivity contribution in [2.24, 2.45) is 11.8 Å². The number of amides is 2. The van der Waals surface area contributed by atoms with E-state index >= 15 is 0 Å². The van der Waals surface area contributed by atoms with Crippen LogP contribution >= 0.6 is 11.6 Å². The van der Waals surface area contributed by atoms with Gasteiger partial charge in [-0.1, -0.05) is 11.6 Å². The molecule has 38 heavy (non-hydrogen) atoms. The lowest BCUT2D eigenvalue weighted by Crippen LogP contribution is -2.43. The van der Waals surface area contributed by atoms with E-state index in [9.17, 15) is 14.9 Å². The van der Waals surface area contributed by atoms with Gasteiger partial charge in [0.1, 0.15) is 0 Å². The van der Waals surface area contributed by atoms with E-state index in [1.54, 1.807) is 34.1 Å². The summed E-state index contributed by atoms with van der Waals surface area (Å²) in [4.78, 5) is 27.2. The van der Waals surface area contributed by atoms with Crippen LogP contribution in [0.25, 0.3) is 0 Å². The fourth-order valence-corrected chi connectivity index (χ4v) is 5.94. The Morgan fingerprint density at radius 2 is 2.00 bits per heavy atom. The van der Waals surface area contributed by atoms with E-state index in [0.29, 0.717) is 27.9 Å². The van der Waals surface area contributed by atoms with Gasteiger partial charge in [-0.3, -0.25) is 19.2 Å². The van der Waals surface area contributed by atoms with Crippen LogP contribution in [0, 0.1) is 37.0 Å². The molecule has 3 aromatic rings. The van der Waals surface area contributed by atoms with Crippen molar-refractivity contribution in [3.63, 3.8) is 0 Å². The SMILES string of the molecule is Cc1c([C@@H](C)n2cc(C(=O)N[C@H]3C[C@@H](c4cc(Cl)ccc4C#N)C3)cn2)nnc(N2C[C@H]3C[C@H]3C2=O)c1C. The first-order valence-corrected chi connectivity index (χ1v) is 13.3. The van der Waals surface area contributed by atoms with Crippen molar-refractivity contribution in [2.75, 3.05) is 11.4 Å². The molecule has 3 fully saturated rings. The summed E-state index contributed by atoms with van der Waals surface area (Å²) < 4.78 is 1.72. The van der Waals surface area contributed by atoms with Crippen LogP contribution in [0.4, 0.5) is 5.82 Å². The number of carbonyl (C=O) groups excluding carboxylic acids is 2. The normalized spacial score (nSPS) is 24.4. The van der Waals surface area contributed by atoms with Gasteiger partial charge in [-0.15, -0.1) is 5.10 Å². The molecular formula is C28H28ClN7O2. The lowest BCUT2D eigenvalue weighted by Gasteiger charge is -2.36. The van der Waals surface area contributed by atoms with Gasteiger partial charge in [0.05, 0.1) is 35.1 Å². The molecule has 1 aromatic carbocycles. The molecule has 0 unspecified atom stereocenters. The van der Waals surface area contributed by atoms with Gasteiger partial charge in [0.25, 0.3) is 5.91 Å². The summed E-state index contributed by atoms with van der Waals surface area (Å²) in [5.74, 6) is 1.46. The molecule has 3 heterocycles. The average Bonchev–Trinajstić information content (AvgIpc) is 3.33. The van der Waals surface area contributed by atoms with Crippen LogP contribution in [0.1, 0.15) is 76.5 Å². The van der Waals surface area contributed by atoms with Crippen molar-refractivity contribution >= 4 is 29.2 Å². The number of halogens is 1. The maximum atomic E-state index is 12.9. The molecule has 2 amide bonds. The molecule has 1 aliphatic heterocycles. The number of fused-ring (bicyclic) bond motifs is 1. The number of hydrogen-bond donors (Lipinski definition) is 1. The smallest absolute Gasteiger partial charge is 0.254 e. The third kappa shape index (κ3) is 4.13. The Bertz CT molecular complexity index is 1500. The fraction of sp³-hybridized carbons (Fsp3) is 0.429. The molecule has 0 spiro atoms. The van der Waals surface area contributed by atoms with Crippen molar-refractivity contribution < 1.29 is 9.59 Å². The first-order chi connectivity index (χ1) is 18.2. The first-order valence-electron chi connectivity index (χ1n) is 12.9. The summed E-state index contributed by atoms with van der Waals surface area (Å²) in [6, 6.07) is 7.33. The fourth-order valence-electron chi connectivity index (χ4n) is 5.76. The van der Waals surface area contributed by atoms with Gasteiger partial charge in [-0.25, -0.2) is 0 Å². The molecule has 10 heteroatoms. The summed E-state index contributed by atoms with van der Waals surface area (Å²) in [5.41, 5.74) is 4.72. The minimum absolute atomic E-state index is 0.0291. The van der Waals surface area contributed by atoms with Crippen LogP contribution in [-0.4, -0.2) is 44.4 Å². The Kier molecular flexibility index (Phi) is 5.95. The molecule has 1 saturated heterocycles. The molecule has 2 saturated carbocycles. The number of nitriles is 1. The van der Waals surface area contributed by atoms with Crippen molar-refractivity contribution in [2.45, 2.75) is 58.0 Å². The maximum Gasteiger partial charge on any atom is 0.254 e. The van der Waals surface area contributed by atoms with Crippen LogP contribution in [0.2, 0.25) is 5.02 Å². The summed E-state index contributed by atoms with van der Waals surface area (Å²) >= 11 is 6.13. The predicted octanol–water partition coefficient (Wildman–Crippen LogP) is 4.08. The molecule has 2 aromatic heterocycles. The Morgan fingerprint density at radius 1 is 1.21 bits per heavy atom. The summed E-state index contributed by atoms with van der Waals surface area (Å²) in [6.07, 6.45) is 5.80. The Morgan fingerprint density at radius 3 is 2.71 bits per heavy atom. The van der Waals surface area contributed by atoms with Gasteiger partial charge in [-0.2, -0.15) is 15.5 Å². The van der Waals surface area contributed by atoms with Crippen molar-refractivity contribution in [3.05, 3.63) is 69.1 Å². The van der Waals surface area contributed by atoms with Crippen molar-refractivity contribution in [3.8, 4) is 6.07 Å². The van der Waals surface area contributed by atoms with E-state index in [2.05, 4.69) is 26.7 Å². The second-order valence-corrected chi connectivity index (χ2v) is 11.2. The van der Waals surface area contributed by atoms with E-state index in [0.717, 1.165) is 48.2 Å². The number of benzene rings is 1. The van der Waals surface area contributed by atoms with Gasteiger partial charge >= 0.3 is 0 Å². The van der Waals surface area contributed by atoms with Gasteiger partial charge < -0.3 is 5.32 Å². The zero-order chi connectivity index (χ0) is 26.7. The molecule has 3 atom stereocenters. The Balaban J connectivity index is 1.11. The molecule has 0 bridgehead atoms. The number of anilines is 1. The second kappa shape index (κ2) is 9.21. The number of aromatic nitrogens is 4. The summed E-state index contributed by atoms with van der Waals surface area (Å²) in [7, 11) is 0. The number of rotatable bonds is 6. The third-order valence-electron chi connectivity index (χ3n) is 8.42. The monoisotopic (exact) mass is 529 g/mol. The zero-order valence-electron chi connectivity index (χ0n) is 21.5. The van der Waals surface area contributed by atoms with Crippen LogP contribution in [-0.2, 0) is 4.79 Å². The highest BCUT2D eigenvalue weighted by atomic mass is 35.5. The Hall–Kier alpha value is -3.77. The molecule has 3 aliphatic rings. The molecule has 2 aliphatic carbocycles. The van der Waals surface area contributed by atoms with E-state index in [-0.39, 0.29) is 35.7 Å². The van der Waals surface area contributed by atoms with E-state index in [4.69, 9.17) is 11.6 Å². The molecule has 194 valence electrons. The van der Waals surface area contributed by atoms with Crippen LogP contribution < -0.4 is 10.2 Å². The minimum atomic E-state index is -0.236. The second-order valence-electron chi connectivity index (χ2n) is 10.8. The van der Waals surface area contributed by atoms with Gasteiger partial charge in [0, 0.05) is 29.7 Å². The lowest BCUT2D eigenvalue weighted by molar-refractivity contribution is -0.118. The van der Waals surface area contributed by atoms with E-state index < -0.39 is 0 Å². The largest absolute Gasteiger partial charge is 0.349 e. The number of hydrogen-bond acceptors (Lipinski definition) is 6. The topological polar surface area (TPSA) is 117 Å². The molecule has 0 radical (unpaired) electrons. The molecule has 9 nitrogen and oxygen atoms in total. The lowest BCUT2D eigenvalue weighted by atomic mass is 9.74. The van der Waals surface area contributed by atoms with Gasteiger partial charge in [0.2, 0.25) is 5.91 Å². The van der Waals surface area contributed by atoms with Crippen molar-refractivity contribution in [1.82, 2.24) is 25.3 Å². The minimum Gasteiger partial charge on any atom is -0.349 e. The van der Waals surface area contributed by atoms with Gasteiger partial charge in [-0.05, 0) is 86.8 Å². The van der Waals surface area contributed by atoms with Crippen LogP contribution in [0.5, 0.6) is 0 Å². The van der Waals surface area contributed by atoms with Crippen LogP contribution in [0.15, 0.2) is 30.6 Å². The number of nitrogens with zero attached hydrogens (tertiary/aromatic N) is 6. The zero-order valence-corrected chi connectivity index (χ0v) is 22.2. The van der Waals surface area contributed by atoms with Crippen LogP contribution in [0.3, 0.4) is 0 Å². The van der Waals surface area contributed by atoms with E-state index in [1.165, 1.54) is 0 Å². The highest BCUT2D eigenvalue weighted by Gasteiger charge is 2.53. The van der Waals surface area contributed by atoms with E-state index in [1.807, 2.05) is 26.8 Å². The van der Waals surface area contributed by atoms with Gasteiger partial charge in [0.15, 0.2) is 5.82 Å². The maximum absolute atomic E-state index is 12.9. The number of carbonyl (C=O) groups is 2. The standard InChI is InChI=1S/C28H28ClN7O2/c1-14-15(2)26(35-12-19-8-24(19)28(35)38)34-33-25(14)16(3)36-13-20(11-31-36)27(37)32-22-6-18(7-22)23-9-21(29)5-4-17(23)10-30/h4-5,9,11,13,16,18-19,22,24H,6-8,12H2,1-3H3,(H,32,37)/t16-,18-,19-,22+,24-/m1/s1. The number of nitrogens with one attached hydrogen (secondary N) is 1. The molecule has 6 rings (SSSR count). The van der Waals surface area contributed by atoms with Crippen molar-refractivity contribution in [1.29, 1.82) is 5.26 Å². The highest BCUT2D eigenvalue weighted by Crippen LogP contribution is 2.47. The molecule has 1 N–H and O–H groups in total. The first kappa shape index (κ1) is 24.6. The highest BCUT2D eigenvalue weighted by molar-refractivity contribution is 6.30. The number of piperidine rings is 1.